The van der Waals surface area contributed by atoms with Crippen molar-refractivity contribution >= 4 is 0 Å². The first kappa shape index (κ1) is 7.51. The lowest BCUT2D eigenvalue weighted by Gasteiger charge is -2.12. The molecule has 13 heavy (non-hydrogen) atoms. The highest BCUT2D eigenvalue weighted by atomic mass is 19.1. The lowest BCUT2D eigenvalue weighted by atomic mass is 9.99. The molecule has 1 spiro atoms. The van der Waals surface area contributed by atoms with E-state index in [-0.39, 0.29) is 17.3 Å². The normalized spacial score (nSPS) is 27.7. The molecule has 1 aromatic rings. The van der Waals surface area contributed by atoms with Gasteiger partial charge >= 0.3 is 0 Å². The zero-order chi connectivity index (χ0) is 9.05. The summed E-state index contributed by atoms with van der Waals surface area (Å²) >= 11 is 0. The van der Waals surface area contributed by atoms with Crippen molar-refractivity contribution < 1.29 is 4.39 Å². The number of benzene rings is 1. The van der Waals surface area contributed by atoms with Gasteiger partial charge in [0.2, 0.25) is 0 Å². The third kappa shape index (κ3) is 0.841. The van der Waals surface area contributed by atoms with Gasteiger partial charge in [0.15, 0.2) is 0 Å². The Morgan fingerprint density at radius 3 is 2.77 bits per heavy atom. The molecule has 1 unspecified atom stereocenters. The summed E-state index contributed by atoms with van der Waals surface area (Å²) in [4.78, 5) is 0. The molecule has 0 aliphatic heterocycles. The van der Waals surface area contributed by atoms with E-state index < -0.39 is 0 Å². The molecule has 0 heterocycles. The minimum Gasteiger partial charge on any atom is -0.323 e. The molecular weight excluding hydrogens is 165 g/mol. The van der Waals surface area contributed by atoms with Gasteiger partial charge in [-0.05, 0) is 41.9 Å². The Morgan fingerprint density at radius 1 is 1.38 bits per heavy atom. The number of halogens is 1. The van der Waals surface area contributed by atoms with E-state index in [1.165, 1.54) is 18.9 Å². The van der Waals surface area contributed by atoms with Crippen molar-refractivity contribution in [2.24, 2.45) is 11.1 Å². The second-order valence-corrected chi connectivity index (χ2v) is 4.32. The van der Waals surface area contributed by atoms with Crippen LogP contribution >= 0.6 is 0 Å². The van der Waals surface area contributed by atoms with Crippen molar-refractivity contribution in [1.82, 2.24) is 0 Å². The molecule has 0 bridgehead atoms. The Morgan fingerprint density at radius 2 is 2.15 bits per heavy atom. The van der Waals surface area contributed by atoms with E-state index in [2.05, 4.69) is 0 Å². The van der Waals surface area contributed by atoms with Crippen molar-refractivity contribution in [2.45, 2.75) is 25.3 Å². The molecule has 1 saturated carbocycles. The summed E-state index contributed by atoms with van der Waals surface area (Å²) in [6.07, 6.45) is 3.20. The van der Waals surface area contributed by atoms with Gasteiger partial charge in [-0.3, -0.25) is 0 Å². The molecule has 0 radical (unpaired) electrons. The summed E-state index contributed by atoms with van der Waals surface area (Å²) in [5.74, 6) is -0.0725. The molecule has 0 saturated heterocycles. The van der Waals surface area contributed by atoms with Crippen LogP contribution in [0, 0.1) is 11.2 Å². The minimum atomic E-state index is -0.0725. The Hall–Kier alpha value is -0.890. The summed E-state index contributed by atoms with van der Waals surface area (Å²) in [5.41, 5.74) is 8.24. The number of hydrogen-bond acceptors (Lipinski definition) is 1. The molecule has 68 valence electrons. The van der Waals surface area contributed by atoms with Gasteiger partial charge in [-0.15, -0.1) is 0 Å². The second kappa shape index (κ2) is 2.13. The van der Waals surface area contributed by atoms with Gasteiger partial charge in [0.25, 0.3) is 0 Å². The monoisotopic (exact) mass is 177 g/mol. The minimum absolute atomic E-state index is 0.0725. The fourth-order valence-electron chi connectivity index (χ4n) is 2.49. The quantitative estimate of drug-likeness (QED) is 0.645. The van der Waals surface area contributed by atoms with Gasteiger partial charge in [0.05, 0.1) is 0 Å². The SMILES string of the molecule is NC1c2cccc(F)c2CC12CC2. The molecular formula is C11H12FN. The van der Waals surface area contributed by atoms with E-state index in [0.29, 0.717) is 0 Å². The smallest absolute Gasteiger partial charge is 0.126 e. The van der Waals surface area contributed by atoms with Crippen molar-refractivity contribution in [3.8, 4) is 0 Å². The van der Waals surface area contributed by atoms with Crippen LogP contribution in [0.3, 0.4) is 0 Å². The number of hydrogen-bond donors (Lipinski definition) is 1. The third-order valence-corrected chi connectivity index (χ3v) is 3.57. The van der Waals surface area contributed by atoms with Crippen LogP contribution in [0.2, 0.25) is 0 Å². The van der Waals surface area contributed by atoms with Gasteiger partial charge in [0, 0.05) is 6.04 Å². The molecule has 0 amide bonds. The Kier molecular flexibility index (Phi) is 1.23. The van der Waals surface area contributed by atoms with Gasteiger partial charge in [-0.2, -0.15) is 0 Å². The average Bonchev–Trinajstić information content (AvgIpc) is 2.82. The molecule has 2 aliphatic carbocycles. The second-order valence-electron chi connectivity index (χ2n) is 4.32. The average molecular weight is 177 g/mol. The van der Waals surface area contributed by atoms with Crippen molar-refractivity contribution in [3.05, 3.63) is 35.1 Å². The highest BCUT2D eigenvalue weighted by molar-refractivity contribution is 5.41. The highest BCUT2D eigenvalue weighted by Gasteiger charge is 2.53. The Bertz CT molecular complexity index is 368. The number of rotatable bonds is 0. The molecule has 1 nitrogen and oxygen atoms in total. The Labute approximate surface area is 76.7 Å². The topological polar surface area (TPSA) is 26.0 Å². The van der Waals surface area contributed by atoms with E-state index in [0.717, 1.165) is 17.5 Å². The maximum absolute atomic E-state index is 13.4. The fraction of sp³-hybridized carbons (Fsp3) is 0.455. The Balaban J connectivity index is 2.16. The molecule has 3 rings (SSSR count). The number of nitrogens with two attached hydrogens (primary N) is 1. The van der Waals surface area contributed by atoms with Crippen LogP contribution in [0.5, 0.6) is 0 Å². The first-order valence-corrected chi connectivity index (χ1v) is 4.76. The fourth-order valence-corrected chi connectivity index (χ4v) is 2.49. The third-order valence-electron chi connectivity index (χ3n) is 3.57. The summed E-state index contributed by atoms with van der Waals surface area (Å²) in [5, 5.41) is 0. The summed E-state index contributed by atoms with van der Waals surface area (Å²) in [7, 11) is 0. The van der Waals surface area contributed by atoms with Gasteiger partial charge < -0.3 is 5.73 Å². The van der Waals surface area contributed by atoms with Crippen LogP contribution in [0.25, 0.3) is 0 Å². The summed E-state index contributed by atoms with van der Waals surface area (Å²) in [6.45, 7) is 0. The van der Waals surface area contributed by atoms with Crippen LogP contribution in [0.1, 0.15) is 30.0 Å². The predicted molar refractivity (Wildman–Crippen MR) is 48.7 cm³/mol. The molecule has 1 aromatic carbocycles. The van der Waals surface area contributed by atoms with Crippen molar-refractivity contribution in [1.29, 1.82) is 0 Å². The zero-order valence-corrected chi connectivity index (χ0v) is 7.39. The summed E-state index contributed by atoms with van der Waals surface area (Å²) in [6, 6.07) is 5.34. The van der Waals surface area contributed by atoms with Crippen LogP contribution in [0.4, 0.5) is 4.39 Å². The van der Waals surface area contributed by atoms with E-state index >= 15 is 0 Å². The molecule has 2 aliphatic rings. The molecule has 2 N–H and O–H groups in total. The molecule has 1 fully saturated rings. The molecule has 2 heteroatoms. The molecule has 1 atom stereocenters. The standard InChI is InChI=1S/C11H12FN/c12-9-3-1-2-7-8(9)6-11(4-5-11)10(7)13/h1-3,10H,4-6,13H2. The van der Waals surface area contributed by atoms with Crippen LogP contribution < -0.4 is 5.73 Å². The first-order chi connectivity index (χ1) is 6.23. The van der Waals surface area contributed by atoms with Gasteiger partial charge in [-0.1, -0.05) is 12.1 Å². The van der Waals surface area contributed by atoms with Crippen molar-refractivity contribution in [2.75, 3.05) is 0 Å². The van der Waals surface area contributed by atoms with Crippen LogP contribution in [-0.4, -0.2) is 0 Å². The van der Waals surface area contributed by atoms with E-state index in [1.54, 1.807) is 6.07 Å². The maximum atomic E-state index is 13.4. The summed E-state index contributed by atoms with van der Waals surface area (Å²) < 4.78 is 13.4. The van der Waals surface area contributed by atoms with Gasteiger partial charge in [-0.25, -0.2) is 4.39 Å². The van der Waals surface area contributed by atoms with E-state index in [4.69, 9.17) is 5.73 Å². The zero-order valence-electron chi connectivity index (χ0n) is 7.39. The van der Waals surface area contributed by atoms with E-state index in [9.17, 15) is 4.39 Å². The molecule has 0 aromatic heterocycles. The predicted octanol–water partition coefficient (Wildman–Crippen LogP) is 2.16. The lowest BCUT2D eigenvalue weighted by molar-refractivity contribution is 0.444. The van der Waals surface area contributed by atoms with Crippen LogP contribution in [0.15, 0.2) is 18.2 Å². The maximum Gasteiger partial charge on any atom is 0.126 e. The largest absolute Gasteiger partial charge is 0.323 e. The van der Waals surface area contributed by atoms with Gasteiger partial charge in [0.1, 0.15) is 5.82 Å². The number of fused-ring (bicyclic) bond motifs is 1. The van der Waals surface area contributed by atoms with Crippen molar-refractivity contribution in [3.63, 3.8) is 0 Å². The lowest BCUT2D eigenvalue weighted by Crippen LogP contribution is -2.17. The van der Waals surface area contributed by atoms with Crippen LogP contribution in [-0.2, 0) is 6.42 Å². The highest BCUT2D eigenvalue weighted by Crippen LogP contribution is 2.61. The van der Waals surface area contributed by atoms with E-state index in [1.807, 2.05) is 6.07 Å². The first-order valence-electron chi connectivity index (χ1n) is 4.76.